The van der Waals surface area contributed by atoms with Gasteiger partial charge in [-0.1, -0.05) is 36.8 Å². The Kier molecular flexibility index (Phi) is 5.75. The Labute approximate surface area is 129 Å². The third kappa shape index (κ3) is 5.19. The van der Waals surface area contributed by atoms with Gasteiger partial charge in [0.25, 0.3) is 0 Å². The molecule has 2 rings (SSSR count). The summed E-state index contributed by atoms with van der Waals surface area (Å²) >= 11 is 1.62. The number of hydrogen-bond donors (Lipinski definition) is 2. The van der Waals surface area contributed by atoms with Crippen molar-refractivity contribution >= 4 is 17.4 Å². The van der Waals surface area contributed by atoms with E-state index in [1.54, 1.807) is 17.5 Å². The van der Waals surface area contributed by atoms with Crippen molar-refractivity contribution in [2.24, 2.45) is 0 Å². The van der Waals surface area contributed by atoms with Crippen LogP contribution in [0.25, 0.3) is 0 Å². The van der Waals surface area contributed by atoms with E-state index in [0.717, 1.165) is 11.4 Å². The number of thiazole rings is 1. The molecule has 1 heterocycles. The first-order valence-corrected chi connectivity index (χ1v) is 8.00. The van der Waals surface area contributed by atoms with Gasteiger partial charge >= 0.3 is 6.03 Å². The van der Waals surface area contributed by atoms with Gasteiger partial charge in [-0.15, -0.1) is 11.3 Å². The van der Waals surface area contributed by atoms with Gasteiger partial charge in [-0.2, -0.15) is 0 Å². The lowest BCUT2D eigenvalue weighted by Gasteiger charge is -2.11. The maximum Gasteiger partial charge on any atom is 0.314 e. The summed E-state index contributed by atoms with van der Waals surface area (Å²) < 4.78 is 0. The van der Waals surface area contributed by atoms with Crippen LogP contribution in [0.1, 0.15) is 29.0 Å². The average Bonchev–Trinajstić information content (AvgIpc) is 2.99. The number of aryl methyl sites for hydroxylation is 1. The van der Waals surface area contributed by atoms with E-state index in [0.29, 0.717) is 13.1 Å². The Morgan fingerprint density at radius 1 is 1.38 bits per heavy atom. The molecule has 0 saturated carbocycles. The summed E-state index contributed by atoms with van der Waals surface area (Å²) in [6.07, 6.45) is 2.63. The van der Waals surface area contributed by atoms with Crippen molar-refractivity contribution in [3.05, 3.63) is 52.0 Å². The number of carbonyl (C=O) groups excluding carboxylic acids is 1. The summed E-state index contributed by atoms with van der Waals surface area (Å²) in [5.74, 6) is 0.243. The highest BCUT2D eigenvalue weighted by Gasteiger charge is 2.09. The predicted octanol–water partition coefficient (Wildman–Crippen LogP) is 3.10. The molecule has 2 aromatic rings. The van der Waals surface area contributed by atoms with Crippen LogP contribution >= 0.6 is 11.3 Å². The van der Waals surface area contributed by atoms with E-state index in [2.05, 4.69) is 47.7 Å². The van der Waals surface area contributed by atoms with Gasteiger partial charge in [-0.3, -0.25) is 0 Å². The van der Waals surface area contributed by atoms with Crippen LogP contribution in [0, 0.1) is 6.92 Å². The molecule has 2 N–H and O–H groups in total. The van der Waals surface area contributed by atoms with Crippen molar-refractivity contribution in [2.75, 3.05) is 13.1 Å². The van der Waals surface area contributed by atoms with Crippen LogP contribution in [0.15, 0.2) is 35.8 Å². The maximum atomic E-state index is 11.7. The molecule has 0 unspecified atom stereocenters. The van der Waals surface area contributed by atoms with Crippen molar-refractivity contribution < 1.29 is 4.79 Å². The van der Waals surface area contributed by atoms with Gasteiger partial charge in [0.2, 0.25) is 0 Å². The number of benzene rings is 1. The average molecular weight is 303 g/mol. The molecule has 1 aromatic heterocycles. The number of aromatic nitrogens is 1. The Bertz CT molecular complexity index is 569. The summed E-state index contributed by atoms with van der Waals surface area (Å²) in [5, 5.41) is 8.77. The molecule has 1 aromatic carbocycles. The molecule has 0 radical (unpaired) electrons. The minimum absolute atomic E-state index is 0.119. The largest absolute Gasteiger partial charge is 0.338 e. The van der Waals surface area contributed by atoms with Crippen molar-refractivity contribution in [1.29, 1.82) is 0 Å². The molecule has 0 bridgehead atoms. The lowest BCUT2D eigenvalue weighted by Crippen LogP contribution is -2.38. The van der Waals surface area contributed by atoms with E-state index in [1.165, 1.54) is 11.1 Å². The summed E-state index contributed by atoms with van der Waals surface area (Å²) in [7, 11) is 0. The van der Waals surface area contributed by atoms with Crippen molar-refractivity contribution in [3.63, 3.8) is 0 Å². The smallest absolute Gasteiger partial charge is 0.314 e. The van der Waals surface area contributed by atoms with E-state index in [1.807, 2.05) is 11.4 Å². The highest BCUT2D eigenvalue weighted by molar-refractivity contribution is 7.09. The first-order chi connectivity index (χ1) is 10.1. The van der Waals surface area contributed by atoms with E-state index in [9.17, 15) is 4.79 Å². The minimum Gasteiger partial charge on any atom is -0.338 e. The SMILES string of the molecule is Cc1cccc(CCNC(=O)NC[C@H](C)c2nccs2)c1. The van der Waals surface area contributed by atoms with Crippen LogP contribution in [0.5, 0.6) is 0 Å². The summed E-state index contributed by atoms with van der Waals surface area (Å²) in [6.45, 7) is 5.38. The Hall–Kier alpha value is -1.88. The third-order valence-corrected chi connectivity index (χ3v) is 4.23. The molecular weight excluding hydrogens is 282 g/mol. The molecule has 5 heteroatoms. The molecule has 112 valence electrons. The van der Waals surface area contributed by atoms with Crippen LogP contribution in [0.3, 0.4) is 0 Å². The molecule has 1 atom stereocenters. The molecule has 2 amide bonds. The number of carbonyl (C=O) groups is 1. The number of urea groups is 1. The van der Waals surface area contributed by atoms with Crippen molar-refractivity contribution in [1.82, 2.24) is 15.6 Å². The predicted molar refractivity (Wildman–Crippen MR) is 86.8 cm³/mol. The zero-order chi connectivity index (χ0) is 15.1. The second kappa shape index (κ2) is 7.78. The summed E-state index contributed by atoms with van der Waals surface area (Å²) in [5.41, 5.74) is 2.49. The standard InChI is InChI=1S/C16H21N3OS/c1-12-4-3-5-14(10-12)6-7-18-16(20)19-11-13(2)15-17-8-9-21-15/h3-5,8-10,13H,6-7,11H2,1-2H3,(H2,18,19,20)/t13-/m0/s1. The van der Waals surface area contributed by atoms with E-state index in [-0.39, 0.29) is 11.9 Å². The lowest BCUT2D eigenvalue weighted by molar-refractivity contribution is 0.240. The highest BCUT2D eigenvalue weighted by atomic mass is 32.1. The number of hydrogen-bond acceptors (Lipinski definition) is 3. The molecule has 4 nitrogen and oxygen atoms in total. The summed E-state index contributed by atoms with van der Waals surface area (Å²) in [4.78, 5) is 16.0. The minimum atomic E-state index is -0.119. The molecule has 0 fully saturated rings. The number of nitrogens with one attached hydrogen (secondary N) is 2. The molecule has 0 saturated heterocycles. The van der Waals surface area contributed by atoms with Gasteiger partial charge in [0.15, 0.2) is 0 Å². The molecule has 21 heavy (non-hydrogen) atoms. The zero-order valence-corrected chi connectivity index (χ0v) is 13.2. The fourth-order valence-electron chi connectivity index (χ4n) is 2.06. The number of amides is 2. The fourth-order valence-corrected chi connectivity index (χ4v) is 2.76. The third-order valence-electron chi connectivity index (χ3n) is 3.22. The molecule has 0 aliphatic carbocycles. The molecule has 0 spiro atoms. The highest BCUT2D eigenvalue weighted by Crippen LogP contribution is 2.16. The number of nitrogens with zero attached hydrogens (tertiary/aromatic N) is 1. The lowest BCUT2D eigenvalue weighted by atomic mass is 10.1. The second-order valence-corrected chi connectivity index (χ2v) is 6.07. The van der Waals surface area contributed by atoms with Crippen LogP contribution in [0.2, 0.25) is 0 Å². The molecule has 0 aliphatic rings. The normalized spacial score (nSPS) is 11.9. The van der Waals surface area contributed by atoms with Gasteiger partial charge in [0.05, 0.1) is 5.01 Å². The van der Waals surface area contributed by atoms with Gasteiger partial charge in [-0.25, -0.2) is 9.78 Å². The molecular formula is C16H21N3OS. The van der Waals surface area contributed by atoms with Gasteiger partial charge < -0.3 is 10.6 Å². The maximum absolute atomic E-state index is 11.7. The van der Waals surface area contributed by atoms with E-state index >= 15 is 0 Å². The second-order valence-electron chi connectivity index (χ2n) is 5.15. The van der Waals surface area contributed by atoms with Crippen molar-refractivity contribution in [3.8, 4) is 0 Å². The molecule has 0 aliphatic heterocycles. The van der Waals surface area contributed by atoms with Gasteiger partial charge in [-0.05, 0) is 18.9 Å². The van der Waals surface area contributed by atoms with Gasteiger partial charge in [0, 0.05) is 30.6 Å². The van der Waals surface area contributed by atoms with Crippen LogP contribution < -0.4 is 10.6 Å². The first kappa shape index (κ1) is 15.5. The van der Waals surface area contributed by atoms with Crippen LogP contribution in [-0.4, -0.2) is 24.1 Å². The monoisotopic (exact) mass is 303 g/mol. The Balaban J connectivity index is 1.66. The van der Waals surface area contributed by atoms with Gasteiger partial charge in [0.1, 0.15) is 0 Å². The van der Waals surface area contributed by atoms with Crippen LogP contribution in [0.4, 0.5) is 4.79 Å². The first-order valence-electron chi connectivity index (χ1n) is 7.12. The van der Waals surface area contributed by atoms with E-state index < -0.39 is 0 Å². The summed E-state index contributed by atoms with van der Waals surface area (Å²) in [6, 6.07) is 8.22. The van der Waals surface area contributed by atoms with Crippen LogP contribution in [-0.2, 0) is 6.42 Å². The fraction of sp³-hybridized carbons (Fsp3) is 0.375. The van der Waals surface area contributed by atoms with Crippen molar-refractivity contribution in [2.45, 2.75) is 26.2 Å². The Morgan fingerprint density at radius 3 is 2.95 bits per heavy atom. The Morgan fingerprint density at radius 2 is 2.24 bits per heavy atom. The zero-order valence-electron chi connectivity index (χ0n) is 12.4. The topological polar surface area (TPSA) is 54.0 Å². The quantitative estimate of drug-likeness (QED) is 0.861. The van der Waals surface area contributed by atoms with E-state index in [4.69, 9.17) is 0 Å². The number of rotatable bonds is 6.